The van der Waals surface area contributed by atoms with Crippen molar-refractivity contribution in [2.24, 2.45) is 22.0 Å². The van der Waals surface area contributed by atoms with E-state index in [9.17, 15) is 4.79 Å². The largest absolute Gasteiger partial charge is 0.292 e. The third kappa shape index (κ3) is 2.26. The molecular weight excluding hydrogens is 140 g/mol. The van der Waals surface area contributed by atoms with Crippen molar-refractivity contribution in [3.05, 3.63) is 0 Å². The first-order chi connectivity index (χ1) is 5.20. The molecule has 0 bridgehead atoms. The molecule has 3 nitrogen and oxygen atoms in total. The van der Waals surface area contributed by atoms with E-state index in [0.29, 0.717) is 5.92 Å². The first-order valence-corrected chi connectivity index (χ1v) is 3.80. The molecule has 0 saturated carbocycles. The van der Waals surface area contributed by atoms with Crippen LogP contribution in [0.5, 0.6) is 0 Å². The van der Waals surface area contributed by atoms with Gasteiger partial charge in [0.2, 0.25) is 0 Å². The lowest BCUT2D eigenvalue weighted by Gasteiger charge is -2.11. The monoisotopic (exact) mass is 152 g/mol. The average molecular weight is 152 g/mol. The van der Waals surface area contributed by atoms with Crippen molar-refractivity contribution in [3.8, 4) is 0 Å². The van der Waals surface area contributed by atoms with Gasteiger partial charge in [0.1, 0.15) is 0 Å². The molecule has 0 radical (unpaired) electrons. The van der Waals surface area contributed by atoms with Gasteiger partial charge >= 0.3 is 0 Å². The summed E-state index contributed by atoms with van der Waals surface area (Å²) in [4.78, 5) is 11.1. The molecule has 1 aliphatic heterocycles. The topological polar surface area (TPSA) is 41.8 Å². The molecule has 1 aliphatic rings. The smallest absolute Gasteiger partial charge is 0.184 e. The van der Waals surface area contributed by atoms with Crippen molar-refractivity contribution in [1.29, 1.82) is 0 Å². The maximum absolute atomic E-state index is 11.1. The Morgan fingerprint density at radius 3 is 2.82 bits per heavy atom. The second-order valence-electron chi connectivity index (χ2n) is 3.15. The van der Waals surface area contributed by atoms with Gasteiger partial charge in [0.15, 0.2) is 5.78 Å². The molecule has 0 aromatic heterocycles. The van der Waals surface area contributed by atoms with Crippen molar-refractivity contribution >= 4 is 18.2 Å². The Balaban J connectivity index is 2.52. The van der Waals surface area contributed by atoms with E-state index in [-0.39, 0.29) is 11.7 Å². The van der Waals surface area contributed by atoms with Gasteiger partial charge in [-0.25, -0.2) is 0 Å². The third-order valence-corrected chi connectivity index (χ3v) is 1.59. The standard InChI is InChI=1S/C8H12N2O/c1-6(2)3-7-4-9-10-5-8(7)11/h4-7H,3H2,1-2H3. The maximum Gasteiger partial charge on any atom is 0.184 e. The van der Waals surface area contributed by atoms with Crippen LogP contribution in [0.2, 0.25) is 0 Å². The van der Waals surface area contributed by atoms with E-state index in [1.807, 2.05) is 0 Å². The highest BCUT2D eigenvalue weighted by Gasteiger charge is 2.17. The molecule has 0 aromatic carbocycles. The van der Waals surface area contributed by atoms with Crippen molar-refractivity contribution in [2.45, 2.75) is 20.3 Å². The maximum atomic E-state index is 11.1. The Morgan fingerprint density at radius 1 is 1.55 bits per heavy atom. The minimum atomic E-state index is -0.0347. The number of hydrogen-bond acceptors (Lipinski definition) is 3. The summed E-state index contributed by atoms with van der Waals surface area (Å²) < 4.78 is 0. The average Bonchev–Trinajstić information content (AvgIpc) is 1.93. The molecular formula is C8H12N2O. The summed E-state index contributed by atoms with van der Waals surface area (Å²) >= 11 is 0. The van der Waals surface area contributed by atoms with Crippen molar-refractivity contribution < 1.29 is 4.79 Å². The van der Waals surface area contributed by atoms with Crippen LogP contribution in [-0.4, -0.2) is 18.2 Å². The fourth-order valence-electron chi connectivity index (χ4n) is 1.06. The van der Waals surface area contributed by atoms with E-state index >= 15 is 0 Å². The summed E-state index contributed by atoms with van der Waals surface area (Å²) in [7, 11) is 0. The van der Waals surface area contributed by atoms with Crippen LogP contribution in [0.1, 0.15) is 20.3 Å². The molecule has 0 saturated heterocycles. The van der Waals surface area contributed by atoms with Gasteiger partial charge < -0.3 is 0 Å². The number of carbonyl (C=O) groups excluding carboxylic acids is 1. The molecule has 0 aliphatic carbocycles. The molecule has 0 fully saturated rings. The molecule has 60 valence electrons. The van der Waals surface area contributed by atoms with Gasteiger partial charge in [0.25, 0.3) is 0 Å². The van der Waals surface area contributed by atoms with Crippen molar-refractivity contribution in [1.82, 2.24) is 0 Å². The highest BCUT2D eigenvalue weighted by Crippen LogP contribution is 2.11. The number of rotatable bonds is 2. The molecule has 1 heterocycles. The molecule has 11 heavy (non-hydrogen) atoms. The van der Waals surface area contributed by atoms with Crippen LogP contribution in [0.25, 0.3) is 0 Å². The number of hydrogen-bond donors (Lipinski definition) is 0. The Labute approximate surface area is 66.2 Å². The zero-order chi connectivity index (χ0) is 8.27. The second kappa shape index (κ2) is 3.42. The molecule has 1 atom stereocenters. The Hall–Kier alpha value is -0.990. The first-order valence-electron chi connectivity index (χ1n) is 3.80. The zero-order valence-corrected chi connectivity index (χ0v) is 6.82. The summed E-state index contributed by atoms with van der Waals surface area (Å²) in [6.07, 6.45) is 3.80. The molecule has 0 amide bonds. The SMILES string of the molecule is CC(C)CC1C=NN=CC1=O. The van der Waals surface area contributed by atoms with Crippen molar-refractivity contribution in [3.63, 3.8) is 0 Å². The van der Waals surface area contributed by atoms with E-state index in [0.717, 1.165) is 6.42 Å². The van der Waals surface area contributed by atoms with Gasteiger partial charge in [0.05, 0.1) is 12.1 Å². The number of nitrogens with zero attached hydrogens (tertiary/aromatic N) is 2. The fraction of sp³-hybridized carbons (Fsp3) is 0.625. The van der Waals surface area contributed by atoms with Crippen LogP contribution in [0.4, 0.5) is 0 Å². The molecule has 0 aromatic rings. The molecule has 1 rings (SSSR count). The number of Topliss-reactive ketones (excluding diaryl/α,β-unsaturated/α-hetero) is 1. The predicted molar refractivity (Wildman–Crippen MR) is 44.9 cm³/mol. The van der Waals surface area contributed by atoms with E-state index < -0.39 is 0 Å². The summed E-state index contributed by atoms with van der Waals surface area (Å²) in [6, 6.07) is 0. The van der Waals surface area contributed by atoms with Gasteiger partial charge in [-0.3, -0.25) is 4.79 Å². The van der Waals surface area contributed by atoms with Crippen LogP contribution in [-0.2, 0) is 4.79 Å². The number of ketones is 1. The second-order valence-corrected chi connectivity index (χ2v) is 3.15. The highest BCUT2D eigenvalue weighted by molar-refractivity contribution is 6.32. The van der Waals surface area contributed by atoms with Crippen LogP contribution in [0, 0.1) is 11.8 Å². The van der Waals surface area contributed by atoms with Gasteiger partial charge in [-0.1, -0.05) is 13.8 Å². The lowest BCUT2D eigenvalue weighted by Crippen LogP contribution is -2.21. The van der Waals surface area contributed by atoms with Crippen LogP contribution >= 0.6 is 0 Å². The predicted octanol–water partition coefficient (Wildman–Crippen LogP) is 1.29. The van der Waals surface area contributed by atoms with E-state index in [1.165, 1.54) is 6.21 Å². The van der Waals surface area contributed by atoms with Crippen LogP contribution < -0.4 is 0 Å². The van der Waals surface area contributed by atoms with Gasteiger partial charge in [-0.05, 0) is 12.3 Å². The zero-order valence-electron chi connectivity index (χ0n) is 6.82. The molecule has 0 N–H and O–H groups in total. The molecule has 1 unspecified atom stereocenters. The van der Waals surface area contributed by atoms with Gasteiger partial charge in [0, 0.05) is 6.21 Å². The minimum Gasteiger partial charge on any atom is -0.292 e. The highest BCUT2D eigenvalue weighted by atomic mass is 16.1. The number of carbonyl (C=O) groups is 1. The third-order valence-electron chi connectivity index (χ3n) is 1.59. The summed E-state index contributed by atoms with van der Waals surface area (Å²) in [5.74, 6) is 0.572. The summed E-state index contributed by atoms with van der Waals surface area (Å²) in [5, 5.41) is 7.20. The summed E-state index contributed by atoms with van der Waals surface area (Å²) in [6.45, 7) is 4.18. The lowest BCUT2D eigenvalue weighted by atomic mass is 9.94. The molecule has 0 spiro atoms. The van der Waals surface area contributed by atoms with Crippen molar-refractivity contribution in [2.75, 3.05) is 0 Å². The Bertz CT molecular complexity index is 206. The van der Waals surface area contributed by atoms with Gasteiger partial charge in [-0.15, -0.1) is 0 Å². The lowest BCUT2D eigenvalue weighted by molar-refractivity contribution is -0.114. The van der Waals surface area contributed by atoms with E-state index in [4.69, 9.17) is 0 Å². The first kappa shape index (κ1) is 8.11. The van der Waals surface area contributed by atoms with Gasteiger partial charge in [-0.2, -0.15) is 10.2 Å². The summed E-state index contributed by atoms with van der Waals surface area (Å²) in [5.41, 5.74) is 0. The molecule has 3 heteroatoms. The van der Waals surface area contributed by atoms with E-state index in [1.54, 1.807) is 6.21 Å². The Kier molecular flexibility index (Phi) is 2.52. The quantitative estimate of drug-likeness (QED) is 0.587. The van der Waals surface area contributed by atoms with E-state index in [2.05, 4.69) is 24.1 Å². The normalized spacial score (nSPS) is 23.2. The van der Waals surface area contributed by atoms with Crippen LogP contribution in [0.15, 0.2) is 10.2 Å². The minimum absolute atomic E-state index is 0.0347. The Morgan fingerprint density at radius 2 is 2.27 bits per heavy atom. The van der Waals surface area contributed by atoms with Crippen LogP contribution in [0.3, 0.4) is 0 Å². The fourth-order valence-corrected chi connectivity index (χ4v) is 1.06.